The Bertz CT molecular complexity index is 928. The van der Waals surface area contributed by atoms with Crippen LogP contribution >= 0.6 is 11.3 Å². The summed E-state index contributed by atoms with van der Waals surface area (Å²) in [5.41, 5.74) is 2.28. The van der Waals surface area contributed by atoms with Gasteiger partial charge in [-0.1, -0.05) is 45.0 Å². The van der Waals surface area contributed by atoms with Crippen molar-refractivity contribution in [3.63, 3.8) is 0 Å². The van der Waals surface area contributed by atoms with Crippen LogP contribution in [-0.4, -0.2) is 17.5 Å². The first-order valence-corrected chi connectivity index (χ1v) is 9.83. The molecule has 3 aromatic rings. The minimum absolute atomic E-state index is 0.0758. The minimum atomic E-state index is -0.261. The number of anilines is 1. The Morgan fingerprint density at radius 3 is 2.43 bits per heavy atom. The summed E-state index contributed by atoms with van der Waals surface area (Å²) in [5.74, 6) is 0.135. The Kier molecular flexibility index (Phi) is 6.09. The van der Waals surface area contributed by atoms with Crippen LogP contribution in [0, 0.1) is 5.82 Å². The first-order chi connectivity index (χ1) is 13.3. The van der Waals surface area contributed by atoms with E-state index >= 15 is 0 Å². The van der Waals surface area contributed by atoms with Crippen molar-refractivity contribution in [2.45, 2.75) is 32.6 Å². The van der Waals surface area contributed by atoms with Crippen LogP contribution in [0.3, 0.4) is 0 Å². The molecule has 0 aliphatic rings. The average molecular weight is 399 g/mol. The highest BCUT2D eigenvalue weighted by Gasteiger charge is 2.13. The van der Waals surface area contributed by atoms with Crippen LogP contribution in [0.4, 0.5) is 9.52 Å². The summed E-state index contributed by atoms with van der Waals surface area (Å²) < 4.78 is 18.5. The molecule has 1 amide bonds. The molecule has 0 aliphatic heterocycles. The molecule has 0 fully saturated rings. The molecule has 0 bridgehead atoms. The van der Waals surface area contributed by atoms with E-state index in [0.29, 0.717) is 17.3 Å². The summed E-state index contributed by atoms with van der Waals surface area (Å²) in [6.07, 6.45) is 2.36. The molecule has 2 aromatic carbocycles. The van der Waals surface area contributed by atoms with Crippen molar-refractivity contribution < 1.29 is 13.9 Å². The molecule has 1 aromatic heterocycles. The highest BCUT2D eigenvalue weighted by molar-refractivity contribution is 7.15. The summed E-state index contributed by atoms with van der Waals surface area (Å²) in [5, 5.41) is 3.27. The van der Waals surface area contributed by atoms with Gasteiger partial charge in [-0.2, -0.15) is 0 Å². The molecule has 1 heterocycles. The van der Waals surface area contributed by atoms with Gasteiger partial charge in [0, 0.05) is 17.5 Å². The molecule has 0 atom stereocenters. The van der Waals surface area contributed by atoms with E-state index in [1.165, 1.54) is 29.0 Å². The van der Waals surface area contributed by atoms with Crippen molar-refractivity contribution in [2.75, 3.05) is 11.9 Å². The van der Waals surface area contributed by atoms with Crippen LogP contribution in [0.5, 0.6) is 5.75 Å². The first-order valence-electron chi connectivity index (χ1n) is 9.02. The molecule has 4 nitrogen and oxygen atoms in total. The fourth-order valence-corrected chi connectivity index (χ4v) is 3.47. The van der Waals surface area contributed by atoms with E-state index in [1.54, 1.807) is 18.3 Å². The number of rotatable bonds is 6. The first kappa shape index (κ1) is 20.0. The second-order valence-corrected chi connectivity index (χ2v) is 8.66. The lowest BCUT2D eigenvalue weighted by Gasteiger charge is -2.19. The largest absolute Gasteiger partial charge is 0.484 e. The fourth-order valence-electron chi connectivity index (χ4n) is 2.61. The van der Waals surface area contributed by atoms with Crippen LogP contribution in [0.1, 0.15) is 36.8 Å². The van der Waals surface area contributed by atoms with Crippen molar-refractivity contribution in [3.05, 3.63) is 76.5 Å². The van der Waals surface area contributed by atoms with Gasteiger partial charge in [0.25, 0.3) is 5.91 Å². The van der Waals surface area contributed by atoms with E-state index in [-0.39, 0.29) is 23.7 Å². The van der Waals surface area contributed by atoms with Crippen molar-refractivity contribution in [2.24, 2.45) is 0 Å². The van der Waals surface area contributed by atoms with Gasteiger partial charge in [0.15, 0.2) is 11.7 Å². The van der Waals surface area contributed by atoms with Crippen molar-refractivity contribution >= 4 is 22.4 Å². The van der Waals surface area contributed by atoms with E-state index < -0.39 is 0 Å². The van der Waals surface area contributed by atoms with Crippen LogP contribution in [-0.2, 0) is 16.6 Å². The monoisotopic (exact) mass is 398 g/mol. The van der Waals surface area contributed by atoms with Crippen LogP contribution in [0.2, 0.25) is 0 Å². The molecule has 6 heteroatoms. The number of ether oxygens (including phenoxy) is 1. The van der Waals surface area contributed by atoms with E-state index in [0.717, 1.165) is 10.4 Å². The topological polar surface area (TPSA) is 51.2 Å². The quantitative estimate of drug-likeness (QED) is 0.622. The highest BCUT2D eigenvalue weighted by atomic mass is 32.1. The van der Waals surface area contributed by atoms with E-state index in [2.05, 4.69) is 31.1 Å². The summed E-state index contributed by atoms with van der Waals surface area (Å²) in [6.45, 7) is 6.36. The predicted molar refractivity (Wildman–Crippen MR) is 111 cm³/mol. The summed E-state index contributed by atoms with van der Waals surface area (Å²) in [4.78, 5) is 17.3. The Labute approximate surface area is 168 Å². The van der Waals surface area contributed by atoms with Gasteiger partial charge in [-0.25, -0.2) is 9.37 Å². The molecule has 0 unspecified atom stereocenters. The zero-order valence-electron chi connectivity index (χ0n) is 16.2. The third-order valence-corrected chi connectivity index (χ3v) is 5.09. The van der Waals surface area contributed by atoms with Crippen molar-refractivity contribution in [1.29, 1.82) is 0 Å². The number of thiazole rings is 1. The third kappa shape index (κ3) is 5.63. The predicted octanol–water partition coefficient (Wildman–Crippen LogP) is 5.19. The van der Waals surface area contributed by atoms with Gasteiger partial charge < -0.3 is 4.74 Å². The van der Waals surface area contributed by atoms with Crippen LogP contribution in [0.15, 0.2) is 54.7 Å². The van der Waals surface area contributed by atoms with E-state index in [4.69, 9.17) is 4.74 Å². The van der Waals surface area contributed by atoms with Crippen LogP contribution in [0.25, 0.3) is 0 Å². The number of nitrogens with one attached hydrogen (secondary N) is 1. The van der Waals surface area contributed by atoms with Gasteiger partial charge in [0.05, 0.1) is 0 Å². The molecule has 28 heavy (non-hydrogen) atoms. The minimum Gasteiger partial charge on any atom is -0.484 e. The number of aromatic nitrogens is 1. The number of carbonyl (C=O) groups is 1. The molecular formula is C22H23FN2O2S. The van der Waals surface area contributed by atoms with Crippen molar-refractivity contribution in [3.8, 4) is 5.75 Å². The number of halogens is 1. The number of nitrogens with zero attached hydrogens (tertiary/aromatic N) is 1. The number of benzene rings is 2. The molecule has 0 saturated heterocycles. The molecule has 0 spiro atoms. The summed E-state index contributed by atoms with van der Waals surface area (Å²) in [7, 11) is 0. The zero-order valence-corrected chi connectivity index (χ0v) is 17.0. The normalized spacial score (nSPS) is 11.3. The lowest BCUT2D eigenvalue weighted by molar-refractivity contribution is -0.118. The molecule has 1 N–H and O–H groups in total. The summed E-state index contributed by atoms with van der Waals surface area (Å²) in [6, 6.07) is 14.1. The van der Waals surface area contributed by atoms with Gasteiger partial charge >= 0.3 is 0 Å². The number of carbonyl (C=O) groups excluding carboxylic acids is 1. The lowest BCUT2D eigenvalue weighted by atomic mass is 9.87. The number of hydrogen-bond acceptors (Lipinski definition) is 4. The van der Waals surface area contributed by atoms with E-state index in [9.17, 15) is 9.18 Å². The Morgan fingerprint density at radius 1 is 1.11 bits per heavy atom. The fraction of sp³-hybridized carbons (Fsp3) is 0.273. The maximum absolute atomic E-state index is 13.0. The van der Waals surface area contributed by atoms with Crippen molar-refractivity contribution in [1.82, 2.24) is 4.98 Å². The second kappa shape index (κ2) is 8.52. The van der Waals surface area contributed by atoms with Gasteiger partial charge in [-0.15, -0.1) is 11.3 Å². The van der Waals surface area contributed by atoms with Gasteiger partial charge in [0.1, 0.15) is 11.6 Å². The Balaban J connectivity index is 1.50. The Morgan fingerprint density at radius 2 is 1.79 bits per heavy atom. The zero-order chi connectivity index (χ0) is 20.1. The number of hydrogen-bond donors (Lipinski definition) is 1. The maximum atomic E-state index is 13.0. The second-order valence-electron chi connectivity index (χ2n) is 7.55. The Hall–Kier alpha value is -2.73. The maximum Gasteiger partial charge on any atom is 0.264 e. The molecular weight excluding hydrogens is 375 g/mol. The molecule has 0 saturated carbocycles. The highest BCUT2D eigenvalue weighted by Crippen LogP contribution is 2.24. The molecule has 146 valence electrons. The van der Waals surface area contributed by atoms with Gasteiger partial charge in [0.2, 0.25) is 0 Å². The van der Waals surface area contributed by atoms with Crippen LogP contribution < -0.4 is 10.1 Å². The third-order valence-electron chi connectivity index (χ3n) is 4.18. The number of amides is 1. The van der Waals surface area contributed by atoms with Gasteiger partial charge in [-0.05, 0) is 40.8 Å². The molecule has 0 aliphatic carbocycles. The van der Waals surface area contributed by atoms with Gasteiger partial charge in [-0.3, -0.25) is 10.1 Å². The molecule has 3 rings (SSSR count). The standard InChI is InChI=1S/C22H23FN2O2S/c1-22(2,3)16-6-10-18(11-7-16)27-14-20(26)25-21-24-13-19(28-21)12-15-4-8-17(23)9-5-15/h4-11,13H,12,14H2,1-3H3,(H,24,25,26). The van der Waals surface area contributed by atoms with E-state index in [1.807, 2.05) is 24.3 Å². The summed E-state index contributed by atoms with van der Waals surface area (Å²) >= 11 is 1.39. The smallest absolute Gasteiger partial charge is 0.264 e. The molecule has 0 radical (unpaired) electrons. The average Bonchev–Trinajstić information content (AvgIpc) is 3.08. The SMILES string of the molecule is CC(C)(C)c1ccc(OCC(=O)Nc2ncc(Cc3ccc(F)cc3)s2)cc1. The lowest BCUT2D eigenvalue weighted by Crippen LogP contribution is -2.20.